The first-order valence-corrected chi connectivity index (χ1v) is 11.5. The van der Waals surface area contributed by atoms with Gasteiger partial charge in [-0.25, -0.2) is 0 Å². The van der Waals surface area contributed by atoms with Crippen molar-refractivity contribution >= 4 is 40.7 Å². The maximum atomic E-state index is 13.3. The van der Waals surface area contributed by atoms with Crippen LogP contribution in [0.5, 0.6) is 11.5 Å². The number of para-hydroxylation sites is 2. The number of carbonyl (C=O) groups is 3. The Labute approximate surface area is 204 Å². The minimum atomic E-state index is -0.395. The van der Waals surface area contributed by atoms with E-state index in [1.807, 2.05) is 20.8 Å². The van der Waals surface area contributed by atoms with Crippen molar-refractivity contribution in [3.63, 3.8) is 0 Å². The highest BCUT2D eigenvalue weighted by atomic mass is 35.5. The molecule has 0 bridgehead atoms. The zero-order chi connectivity index (χ0) is 25.0. The highest BCUT2D eigenvalue weighted by Crippen LogP contribution is 2.37. The van der Waals surface area contributed by atoms with Crippen LogP contribution >= 0.6 is 11.6 Å². The van der Waals surface area contributed by atoms with Crippen LogP contribution in [0.2, 0.25) is 5.02 Å². The van der Waals surface area contributed by atoms with E-state index in [1.54, 1.807) is 42.3 Å². The van der Waals surface area contributed by atoms with Gasteiger partial charge in [-0.3, -0.25) is 14.4 Å². The maximum Gasteiger partial charge on any atom is 0.254 e. The Hall–Kier alpha value is -3.26. The number of hydrogen-bond donors (Lipinski definition) is 1. The Kier molecular flexibility index (Phi) is 8.04. The van der Waals surface area contributed by atoms with E-state index >= 15 is 0 Å². The molecule has 8 nitrogen and oxygen atoms in total. The molecule has 1 aliphatic heterocycles. The summed E-state index contributed by atoms with van der Waals surface area (Å²) in [6, 6.07) is 9.81. The van der Waals surface area contributed by atoms with Gasteiger partial charge in [0.25, 0.3) is 5.91 Å². The normalized spacial score (nSPS) is 15.3. The molecule has 0 aromatic heterocycles. The van der Waals surface area contributed by atoms with Gasteiger partial charge in [0.15, 0.2) is 11.5 Å². The SMILES string of the molecule is COc1cc(C(=O)N(C)CC(=O)N2c3ccccc3NC(=O)C[C@H]2C)cc(Cl)c1OCC(C)C. The number of amides is 3. The van der Waals surface area contributed by atoms with Gasteiger partial charge < -0.3 is 24.6 Å². The van der Waals surface area contributed by atoms with Crippen molar-refractivity contribution in [3.05, 3.63) is 47.0 Å². The molecule has 1 heterocycles. The summed E-state index contributed by atoms with van der Waals surface area (Å²) in [6.07, 6.45) is 0.155. The van der Waals surface area contributed by atoms with E-state index in [4.69, 9.17) is 21.1 Å². The number of carbonyl (C=O) groups excluding carboxylic acids is 3. The molecule has 182 valence electrons. The predicted molar refractivity (Wildman–Crippen MR) is 132 cm³/mol. The van der Waals surface area contributed by atoms with Crippen molar-refractivity contribution in [1.82, 2.24) is 4.90 Å². The van der Waals surface area contributed by atoms with Crippen molar-refractivity contribution in [2.75, 3.05) is 37.5 Å². The second-order valence-electron chi connectivity index (χ2n) is 8.74. The number of methoxy groups -OCH3 is 1. The second-order valence-corrected chi connectivity index (χ2v) is 9.14. The molecular weight excluding hydrogens is 458 g/mol. The van der Waals surface area contributed by atoms with Crippen molar-refractivity contribution < 1.29 is 23.9 Å². The number of nitrogens with one attached hydrogen (secondary N) is 1. The van der Waals surface area contributed by atoms with E-state index in [0.717, 1.165) is 0 Å². The quantitative estimate of drug-likeness (QED) is 0.631. The van der Waals surface area contributed by atoms with Crippen molar-refractivity contribution in [3.8, 4) is 11.5 Å². The first-order chi connectivity index (χ1) is 16.1. The molecule has 1 aliphatic rings. The Balaban J connectivity index is 1.81. The number of benzene rings is 2. The van der Waals surface area contributed by atoms with E-state index in [2.05, 4.69) is 5.32 Å². The Morgan fingerprint density at radius 2 is 1.97 bits per heavy atom. The van der Waals surface area contributed by atoms with Gasteiger partial charge in [0.1, 0.15) is 6.54 Å². The Morgan fingerprint density at radius 3 is 2.65 bits per heavy atom. The molecule has 0 saturated heterocycles. The molecule has 0 unspecified atom stereocenters. The average molecular weight is 488 g/mol. The number of likely N-dealkylation sites (N-methyl/N-ethyl adjacent to an activating group) is 1. The lowest BCUT2D eigenvalue weighted by atomic mass is 10.1. The molecule has 0 fully saturated rings. The number of halogens is 1. The fourth-order valence-electron chi connectivity index (χ4n) is 3.77. The summed E-state index contributed by atoms with van der Waals surface area (Å²) in [4.78, 5) is 41.5. The van der Waals surface area contributed by atoms with Gasteiger partial charge in [-0.1, -0.05) is 37.6 Å². The van der Waals surface area contributed by atoms with E-state index in [0.29, 0.717) is 29.5 Å². The third-order valence-electron chi connectivity index (χ3n) is 5.38. The van der Waals surface area contributed by atoms with Crippen LogP contribution in [0, 0.1) is 5.92 Å². The summed E-state index contributed by atoms with van der Waals surface area (Å²) < 4.78 is 11.1. The summed E-state index contributed by atoms with van der Waals surface area (Å²) in [5.41, 5.74) is 1.44. The van der Waals surface area contributed by atoms with Gasteiger partial charge >= 0.3 is 0 Å². The molecule has 0 aliphatic carbocycles. The summed E-state index contributed by atoms with van der Waals surface area (Å²) >= 11 is 6.39. The number of hydrogen-bond acceptors (Lipinski definition) is 5. The second kappa shape index (κ2) is 10.8. The number of rotatable bonds is 7. The van der Waals surface area contributed by atoms with Crippen LogP contribution in [0.4, 0.5) is 11.4 Å². The van der Waals surface area contributed by atoms with Crippen molar-refractivity contribution in [1.29, 1.82) is 0 Å². The molecule has 0 spiro atoms. The number of fused-ring (bicyclic) bond motifs is 1. The summed E-state index contributed by atoms with van der Waals surface area (Å²) in [6.45, 7) is 6.10. The number of ether oxygens (including phenoxy) is 2. The van der Waals surface area contributed by atoms with E-state index < -0.39 is 5.91 Å². The van der Waals surface area contributed by atoms with Gasteiger partial charge in [-0.2, -0.15) is 0 Å². The highest BCUT2D eigenvalue weighted by Gasteiger charge is 2.31. The molecule has 9 heteroatoms. The molecule has 3 rings (SSSR count). The topological polar surface area (TPSA) is 88.2 Å². The van der Waals surface area contributed by atoms with Crippen molar-refractivity contribution in [2.24, 2.45) is 5.92 Å². The lowest BCUT2D eigenvalue weighted by Gasteiger charge is -2.30. The van der Waals surface area contributed by atoms with E-state index in [9.17, 15) is 14.4 Å². The zero-order valence-electron chi connectivity index (χ0n) is 20.1. The molecule has 1 N–H and O–H groups in total. The van der Waals surface area contributed by atoms with Crippen LogP contribution < -0.4 is 19.7 Å². The van der Waals surface area contributed by atoms with E-state index in [1.165, 1.54) is 18.1 Å². The highest BCUT2D eigenvalue weighted by molar-refractivity contribution is 6.32. The summed E-state index contributed by atoms with van der Waals surface area (Å²) in [7, 11) is 3.02. The van der Waals surface area contributed by atoms with Gasteiger partial charge in [0.2, 0.25) is 11.8 Å². The maximum absolute atomic E-state index is 13.3. The van der Waals surface area contributed by atoms with Gasteiger partial charge in [0.05, 0.1) is 30.1 Å². The fourth-order valence-corrected chi connectivity index (χ4v) is 4.04. The standard InChI is InChI=1S/C25H30ClN3O5/c1-15(2)14-34-24-18(26)11-17(12-21(24)33-5)25(32)28(4)13-23(31)29-16(3)10-22(30)27-19-8-6-7-9-20(19)29/h6-9,11-12,15-16H,10,13-14H2,1-5H3,(H,27,30)/t16-/m1/s1. The molecule has 34 heavy (non-hydrogen) atoms. The van der Waals surface area contributed by atoms with Crippen LogP contribution in [0.25, 0.3) is 0 Å². The lowest BCUT2D eigenvalue weighted by Crippen LogP contribution is -2.45. The molecule has 2 aromatic carbocycles. The van der Waals surface area contributed by atoms with Crippen LogP contribution in [0.3, 0.4) is 0 Å². The van der Waals surface area contributed by atoms with Crippen LogP contribution in [-0.4, -0.2) is 56.0 Å². The smallest absolute Gasteiger partial charge is 0.254 e. The molecule has 3 amide bonds. The monoisotopic (exact) mass is 487 g/mol. The predicted octanol–water partition coefficient (Wildman–Crippen LogP) is 4.22. The zero-order valence-corrected chi connectivity index (χ0v) is 20.8. The van der Waals surface area contributed by atoms with Gasteiger partial charge in [-0.15, -0.1) is 0 Å². The molecule has 0 radical (unpaired) electrons. The Morgan fingerprint density at radius 1 is 1.26 bits per heavy atom. The summed E-state index contributed by atoms with van der Waals surface area (Å²) in [5, 5.41) is 3.08. The van der Waals surface area contributed by atoms with Crippen LogP contribution in [0.1, 0.15) is 37.6 Å². The molecule has 0 saturated carbocycles. The largest absolute Gasteiger partial charge is 0.493 e. The van der Waals surface area contributed by atoms with Crippen LogP contribution in [0.15, 0.2) is 36.4 Å². The lowest BCUT2D eigenvalue weighted by molar-refractivity contribution is -0.119. The molecule has 2 aromatic rings. The van der Waals surface area contributed by atoms with E-state index in [-0.39, 0.29) is 47.3 Å². The van der Waals surface area contributed by atoms with Gasteiger partial charge in [0, 0.05) is 25.1 Å². The third-order valence-corrected chi connectivity index (χ3v) is 5.67. The average Bonchev–Trinajstić information content (AvgIpc) is 2.90. The van der Waals surface area contributed by atoms with Gasteiger partial charge in [-0.05, 0) is 37.1 Å². The fraction of sp³-hybridized carbons (Fsp3) is 0.400. The first kappa shape index (κ1) is 25.4. The number of nitrogens with zero attached hydrogens (tertiary/aromatic N) is 2. The van der Waals surface area contributed by atoms with Crippen molar-refractivity contribution in [2.45, 2.75) is 33.2 Å². The molecule has 1 atom stereocenters. The Bertz CT molecular complexity index is 1090. The van der Waals surface area contributed by atoms with Crippen LogP contribution in [-0.2, 0) is 9.59 Å². The first-order valence-electron chi connectivity index (χ1n) is 11.1. The number of anilines is 2. The molecular formula is C25H30ClN3O5. The minimum Gasteiger partial charge on any atom is -0.493 e. The minimum absolute atomic E-state index is 0.155. The summed E-state index contributed by atoms with van der Waals surface area (Å²) in [5.74, 6) is 0.143. The third kappa shape index (κ3) is 5.62.